The van der Waals surface area contributed by atoms with Gasteiger partial charge in [-0.1, -0.05) is 20.3 Å². The van der Waals surface area contributed by atoms with Crippen LogP contribution in [0.2, 0.25) is 0 Å². The summed E-state index contributed by atoms with van der Waals surface area (Å²) in [5.74, 6) is -0.873. The second kappa shape index (κ2) is 16.4. The number of phenolic OH excluding ortho intramolecular Hbond substituents is 1. The first kappa shape index (κ1) is 43.6. The third-order valence-corrected chi connectivity index (χ3v) is 14.8. The third kappa shape index (κ3) is 6.96. The highest BCUT2D eigenvalue weighted by molar-refractivity contribution is 5.89. The van der Waals surface area contributed by atoms with Crippen molar-refractivity contribution in [3.05, 3.63) is 115 Å². The molecule has 2 unspecified atom stereocenters. The molecule has 3 N–H and O–H groups in total. The fraction of sp³-hybridized carbons (Fsp3) is 0.392. The molecule has 0 saturated carbocycles. The molecule has 68 heavy (non-hydrogen) atoms. The zero-order chi connectivity index (χ0) is 47.2. The number of aromatic nitrogens is 4. The van der Waals surface area contributed by atoms with Gasteiger partial charge < -0.3 is 48.5 Å². The summed E-state index contributed by atoms with van der Waals surface area (Å²) in [6.45, 7) is 7.44. The van der Waals surface area contributed by atoms with E-state index in [0.29, 0.717) is 94.0 Å². The van der Waals surface area contributed by atoms with Gasteiger partial charge in [0.1, 0.15) is 24.7 Å². The molecule has 10 heterocycles. The number of fused-ring (bicyclic) bond motifs is 10. The lowest BCUT2D eigenvalue weighted by molar-refractivity contribution is -0.172. The number of hydrogen-bond donors (Lipinski definition) is 3. The Labute approximate surface area is 389 Å². The number of carbonyl (C=O) groups excluding carboxylic acids is 3. The zero-order valence-corrected chi connectivity index (χ0v) is 37.7. The van der Waals surface area contributed by atoms with Gasteiger partial charge in [-0.2, -0.15) is 0 Å². The van der Waals surface area contributed by atoms with E-state index in [0.717, 1.165) is 34.7 Å². The number of hydrogen-bond acceptors (Lipinski definition) is 14. The second-order valence-corrected chi connectivity index (χ2v) is 18.6. The Hall–Kier alpha value is -6.95. The normalized spacial score (nSPS) is 21.7. The Morgan fingerprint density at radius 1 is 0.691 bits per heavy atom. The van der Waals surface area contributed by atoms with Crippen LogP contribution in [0.4, 0.5) is 4.79 Å². The van der Waals surface area contributed by atoms with Crippen LogP contribution in [0.3, 0.4) is 0 Å². The molecule has 17 heteroatoms. The minimum absolute atomic E-state index is 0.0949. The van der Waals surface area contributed by atoms with Crippen molar-refractivity contribution in [3.63, 3.8) is 0 Å². The summed E-state index contributed by atoms with van der Waals surface area (Å²) in [4.78, 5) is 77.8. The molecular formula is C51H50N6O11. The lowest BCUT2D eigenvalue weighted by atomic mass is 9.86. The number of nitrogens with zero attached hydrogens (tertiary/aromatic N) is 6. The van der Waals surface area contributed by atoms with Crippen LogP contribution >= 0.6 is 0 Å². The minimum Gasteiger partial charge on any atom is -0.508 e. The summed E-state index contributed by atoms with van der Waals surface area (Å²) in [6.07, 6.45) is 5.68. The van der Waals surface area contributed by atoms with Crippen molar-refractivity contribution >= 4 is 39.8 Å². The van der Waals surface area contributed by atoms with Crippen molar-refractivity contribution in [3.8, 4) is 34.3 Å². The first-order chi connectivity index (χ1) is 32.8. The van der Waals surface area contributed by atoms with Crippen LogP contribution in [0.1, 0.15) is 92.2 Å². The van der Waals surface area contributed by atoms with Gasteiger partial charge in [0, 0.05) is 52.2 Å². The maximum atomic E-state index is 13.4. The maximum Gasteiger partial charge on any atom is 0.415 e. The van der Waals surface area contributed by atoms with Crippen molar-refractivity contribution in [2.75, 3.05) is 26.2 Å². The zero-order valence-electron chi connectivity index (χ0n) is 37.7. The van der Waals surface area contributed by atoms with Crippen LogP contribution in [-0.4, -0.2) is 94.5 Å². The SMILES string of the molecule is CCC1(O)C(=O)OCc2c1cc1n(c2=O)Cc2cc3cc(O)ccc3nc2-1.CCC1(O)C(=O)OCc2c1cc1n(c2=O)Cc2cc3cc(OC(=O)N4CCC(N5CCCCC5)CC4)ccc3nc2-1. The van der Waals surface area contributed by atoms with Crippen LogP contribution in [-0.2, 0) is 56.6 Å². The number of benzene rings is 2. The molecule has 2 fully saturated rings. The summed E-state index contributed by atoms with van der Waals surface area (Å²) in [5, 5.41) is 33.2. The van der Waals surface area contributed by atoms with Crippen LogP contribution < -0.4 is 15.9 Å². The number of ether oxygens (including phenoxy) is 3. The molecule has 0 bridgehead atoms. The molecule has 0 radical (unpaired) electrons. The van der Waals surface area contributed by atoms with E-state index in [1.807, 2.05) is 12.1 Å². The number of phenols is 1. The first-order valence-corrected chi connectivity index (χ1v) is 23.4. The topological polar surface area (TPSA) is 216 Å². The van der Waals surface area contributed by atoms with Gasteiger partial charge in [0.2, 0.25) is 0 Å². The van der Waals surface area contributed by atoms with Crippen LogP contribution in [0, 0.1) is 0 Å². The number of aromatic hydroxyl groups is 1. The summed E-state index contributed by atoms with van der Waals surface area (Å²) in [7, 11) is 0. The smallest absolute Gasteiger partial charge is 0.415 e. The van der Waals surface area contributed by atoms with Gasteiger partial charge in [0.05, 0.1) is 58.0 Å². The Morgan fingerprint density at radius 2 is 1.21 bits per heavy atom. The molecule has 2 atom stereocenters. The lowest BCUT2D eigenvalue weighted by Crippen LogP contribution is -2.48. The predicted molar refractivity (Wildman–Crippen MR) is 247 cm³/mol. The number of likely N-dealkylation sites (tertiary alicyclic amines) is 2. The van der Waals surface area contributed by atoms with Crippen LogP contribution in [0.15, 0.2) is 70.3 Å². The number of rotatable bonds is 4. The van der Waals surface area contributed by atoms with E-state index < -0.39 is 23.1 Å². The number of aliphatic hydroxyl groups is 2. The fourth-order valence-corrected chi connectivity index (χ4v) is 10.9. The minimum atomic E-state index is -1.86. The molecule has 350 valence electrons. The Bertz CT molecular complexity index is 3260. The molecule has 6 aliphatic rings. The first-order valence-electron chi connectivity index (χ1n) is 23.4. The maximum absolute atomic E-state index is 13.4. The standard InChI is InChI=1S/C31H34N4O6.C20H16N2O5/c1-2-31(39)24-16-26-27-20(17-35(26)28(36)23(24)18-40-29(31)37)14-19-15-22(6-7-25(19)32-27)41-30(38)34-12-8-21(9-13-34)33-10-4-3-5-11-33;1-2-20(26)14-7-16-17-11(5-10-6-12(23)3-4-15(10)21-17)8-22(16)18(24)13(14)9-27-19(20)25/h6-7,14-16,21,39H,2-5,8-13,17-18H2,1H3;3-7,23,26H,2,8-9H2,1H3. The second-order valence-electron chi connectivity index (χ2n) is 18.6. The average molecular weight is 923 g/mol. The third-order valence-electron chi connectivity index (χ3n) is 14.8. The van der Waals surface area contributed by atoms with Crippen molar-refractivity contribution in [1.29, 1.82) is 0 Å². The van der Waals surface area contributed by atoms with Gasteiger partial charge in [0.15, 0.2) is 11.2 Å². The van der Waals surface area contributed by atoms with E-state index in [-0.39, 0.29) is 49.0 Å². The van der Waals surface area contributed by atoms with Gasteiger partial charge in [-0.25, -0.2) is 24.4 Å². The molecule has 0 aliphatic carbocycles. The van der Waals surface area contributed by atoms with E-state index >= 15 is 0 Å². The molecule has 1 amide bonds. The van der Waals surface area contributed by atoms with Crippen molar-refractivity contribution in [2.24, 2.45) is 0 Å². The average Bonchev–Trinajstić information content (AvgIpc) is 3.90. The molecule has 17 nitrogen and oxygen atoms in total. The van der Waals surface area contributed by atoms with Gasteiger partial charge >= 0.3 is 18.0 Å². The van der Waals surface area contributed by atoms with E-state index in [2.05, 4.69) is 9.88 Å². The number of pyridine rings is 4. The molecule has 6 aromatic rings. The Balaban J connectivity index is 0.000000162. The van der Waals surface area contributed by atoms with E-state index in [4.69, 9.17) is 19.2 Å². The molecule has 6 aliphatic heterocycles. The highest BCUT2D eigenvalue weighted by Gasteiger charge is 2.47. The van der Waals surface area contributed by atoms with Crippen molar-refractivity contribution in [1.82, 2.24) is 28.9 Å². The molecule has 12 rings (SSSR count). The Kier molecular flexibility index (Phi) is 10.5. The quantitative estimate of drug-likeness (QED) is 0.191. The molecular weight excluding hydrogens is 873 g/mol. The number of cyclic esters (lactones) is 2. The number of esters is 2. The molecule has 0 spiro atoms. The summed E-state index contributed by atoms with van der Waals surface area (Å²) in [5.41, 5.74) is 2.42. The number of piperidine rings is 2. The summed E-state index contributed by atoms with van der Waals surface area (Å²) < 4.78 is 19.2. The molecule has 2 aromatic carbocycles. The summed E-state index contributed by atoms with van der Waals surface area (Å²) in [6, 6.07) is 18.0. The van der Waals surface area contributed by atoms with E-state index in [1.54, 1.807) is 76.4 Å². The van der Waals surface area contributed by atoms with E-state index in [9.17, 15) is 39.3 Å². The lowest BCUT2D eigenvalue weighted by Gasteiger charge is -2.39. The van der Waals surface area contributed by atoms with E-state index in [1.165, 1.54) is 32.4 Å². The van der Waals surface area contributed by atoms with Gasteiger partial charge in [-0.15, -0.1) is 0 Å². The summed E-state index contributed by atoms with van der Waals surface area (Å²) >= 11 is 0. The Morgan fingerprint density at radius 3 is 1.74 bits per heavy atom. The molecule has 4 aromatic heterocycles. The van der Waals surface area contributed by atoms with Gasteiger partial charge in [-0.05, 0) is 112 Å². The number of carbonyl (C=O) groups is 3. The van der Waals surface area contributed by atoms with Crippen molar-refractivity contribution in [2.45, 2.75) is 102 Å². The number of amides is 1. The largest absolute Gasteiger partial charge is 0.508 e. The van der Waals surface area contributed by atoms with Crippen molar-refractivity contribution < 1.29 is 43.9 Å². The molecule has 2 saturated heterocycles. The highest BCUT2D eigenvalue weighted by Crippen LogP contribution is 2.41. The highest BCUT2D eigenvalue weighted by atomic mass is 16.6. The monoisotopic (exact) mass is 922 g/mol. The predicted octanol–water partition coefficient (Wildman–Crippen LogP) is 5.31. The van der Waals surface area contributed by atoms with Crippen LogP contribution in [0.25, 0.3) is 44.6 Å². The van der Waals surface area contributed by atoms with Gasteiger partial charge in [-0.3, -0.25) is 9.59 Å². The van der Waals surface area contributed by atoms with Crippen LogP contribution in [0.5, 0.6) is 11.5 Å². The van der Waals surface area contributed by atoms with Gasteiger partial charge in [0.25, 0.3) is 11.1 Å². The fourth-order valence-electron chi connectivity index (χ4n) is 10.9.